The molecule has 0 radical (unpaired) electrons. The summed E-state index contributed by atoms with van der Waals surface area (Å²) in [7, 11) is 0. The molecule has 1 aliphatic carbocycles. The number of aromatic nitrogens is 3. The molecule has 0 amide bonds. The van der Waals surface area contributed by atoms with E-state index in [9.17, 15) is 0 Å². The molecule has 0 fully saturated rings. The molecule has 4 rings (SSSR count). The van der Waals surface area contributed by atoms with Crippen molar-refractivity contribution in [2.75, 3.05) is 0 Å². The molecule has 0 N–H and O–H groups in total. The van der Waals surface area contributed by atoms with Gasteiger partial charge in [0, 0.05) is 0 Å². The van der Waals surface area contributed by atoms with E-state index in [1.165, 1.54) is 27.5 Å². The fourth-order valence-electron chi connectivity index (χ4n) is 3.09. The third-order valence-corrected chi connectivity index (χ3v) is 4.92. The Balaban J connectivity index is 0.000000473. The molecule has 0 saturated heterocycles. The van der Waals surface area contributed by atoms with Crippen LogP contribution < -0.4 is 24.8 Å². The first kappa shape index (κ1) is 25.9. The van der Waals surface area contributed by atoms with Crippen molar-refractivity contribution in [3.8, 4) is 5.69 Å². The van der Waals surface area contributed by atoms with Gasteiger partial charge in [-0.2, -0.15) is 21.3 Å². The molecule has 3 aromatic rings. The second-order valence-electron chi connectivity index (χ2n) is 6.80. The van der Waals surface area contributed by atoms with Crippen LogP contribution in [0.25, 0.3) is 16.5 Å². The number of benzene rings is 1. The third kappa shape index (κ3) is 5.47. The topological polar surface area (TPSA) is 30.7 Å². The Morgan fingerprint density at radius 2 is 1.56 bits per heavy atom. The van der Waals surface area contributed by atoms with Crippen LogP contribution in [-0.4, -0.2) is 14.8 Å². The van der Waals surface area contributed by atoms with Crippen molar-refractivity contribution in [2.45, 2.75) is 34.6 Å². The molecule has 1 aliphatic rings. The van der Waals surface area contributed by atoms with Gasteiger partial charge in [-0.15, -0.1) is 19.1 Å². The van der Waals surface area contributed by atoms with E-state index in [-0.39, 0.29) is 56.4 Å². The molecule has 140 valence electrons. The summed E-state index contributed by atoms with van der Waals surface area (Å²) in [6, 6.07) is 12.5. The van der Waals surface area contributed by atoms with Crippen LogP contribution in [0.2, 0.25) is 0 Å². The summed E-state index contributed by atoms with van der Waals surface area (Å²) in [4.78, 5) is 0. The largest absolute Gasteiger partial charge is 4.00 e. The summed E-state index contributed by atoms with van der Waals surface area (Å²) in [5.41, 5.74) is 5.52. The second kappa shape index (κ2) is 10.5. The zero-order chi connectivity index (χ0) is 17.3. The average Bonchev–Trinajstić information content (AvgIpc) is 3.25. The molecule has 0 unspecified atom stereocenters. The summed E-state index contributed by atoms with van der Waals surface area (Å²) in [6.45, 7) is 10.9. The molecule has 3 nitrogen and oxygen atoms in total. The van der Waals surface area contributed by atoms with Gasteiger partial charge in [0.2, 0.25) is 0 Å². The summed E-state index contributed by atoms with van der Waals surface area (Å²) < 4.78 is 1.92. The fraction of sp³-hybridized carbons (Fsp3) is 0.286. The number of fused-ring (bicyclic) bond motifs is 1. The zero-order valence-corrected chi connectivity index (χ0v) is 20.2. The van der Waals surface area contributed by atoms with Crippen LogP contribution in [0.1, 0.15) is 34.6 Å². The Morgan fingerprint density at radius 3 is 2.04 bits per heavy atom. The van der Waals surface area contributed by atoms with Crippen LogP contribution in [0, 0.1) is 11.5 Å². The van der Waals surface area contributed by atoms with Crippen molar-refractivity contribution in [2.24, 2.45) is 5.41 Å². The molecule has 0 saturated carbocycles. The Hall–Kier alpha value is -1.09. The van der Waals surface area contributed by atoms with Crippen molar-refractivity contribution in [3.05, 3.63) is 71.8 Å². The Kier molecular flexibility index (Phi) is 10.0. The van der Waals surface area contributed by atoms with Gasteiger partial charge in [-0.1, -0.05) is 68.1 Å². The average molecular weight is 480 g/mol. The van der Waals surface area contributed by atoms with Crippen LogP contribution in [0.15, 0.2) is 65.8 Å². The Morgan fingerprint density at radius 1 is 0.963 bits per heavy atom. The summed E-state index contributed by atoms with van der Waals surface area (Å²) >= 11 is 0. The normalized spacial score (nSPS) is 14.3. The Labute approximate surface area is 193 Å². The maximum Gasteiger partial charge on any atom is 4.00 e. The van der Waals surface area contributed by atoms with Crippen LogP contribution in [0.4, 0.5) is 0 Å². The van der Waals surface area contributed by atoms with Gasteiger partial charge in [-0.05, 0) is 5.69 Å². The molecule has 1 heterocycles. The van der Waals surface area contributed by atoms with Crippen LogP contribution in [0.5, 0.6) is 0 Å². The Bertz CT molecular complexity index is 922. The van der Waals surface area contributed by atoms with Gasteiger partial charge in [0.25, 0.3) is 0 Å². The van der Waals surface area contributed by atoms with Gasteiger partial charge in [0.1, 0.15) is 0 Å². The summed E-state index contributed by atoms with van der Waals surface area (Å²) in [5, 5.41) is 10.1. The summed E-state index contributed by atoms with van der Waals surface area (Å²) in [6.07, 6.45) is 6.86. The van der Waals surface area contributed by atoms with E-state index in [1.807, 2.05) is 16.7 Å². The number of hydrogen-bond acceptors (Lipinski definition) is 2. The maximum absolute atomic E-state index is 3.80. The molecule has 2 aromatic carbocycles. The zero-order valence-electron chi connectivity index (χ0n) is 16.2. The molecule has 0 atom stereocenters. The monoisotopic (exact) mass is 477 g/mol. The maximum atomic E-state index is 3.80. The number of rotatable bonds is 1. The van der Waals surface area contributed by atoms with Crippen LogP contribution in [0.3, 0.4) is 0 Å². The van der Waals surface area contributed by atoms with Gasteiger partial charge in [0.05, 0.1) is 12.7 Å². The minimum atomic E-state index is 0. The predicted molar refractivity (Wildman–Crippen MR) is 99.0 cm³/mol. The first-order valence-corrected chi connectivity index (χ1v) is 8.19. The minimum Gasteiger partial charge on any atom is -1.00 e. The van der Waals surface area contributed by atoms with Gasteiger partial charge >= 0.3 is 26.2 Å². The van der Waals surface area contributed by atoms with E-state index in [0.717, 1.165) is 5.69 Å². The van der Waals surface area contributed by atoms with Crippen LogP contribution in [-0.2, 0) is 26.2 Å². The quantitative estimate of drug-likeness (QED) is 0.431. The first-order chi connectivity index (χ1) is 11.4. The predicted octanol–water partition coefficient (Wildman–Crippen LogP) is -0.743. The van der Waals surface area contributed by atoms with E-state index >= 15 is 0 Å². The molecule has 6 heteroatoms. The molecule has 0 aliphatic heterocycles. The number of hydrogen-bond donors (Lipinski definition) is 0. The van der Waals surface area contributed by atoms with E-state index in [0.29, 0.717) is 0 Å². The van der Waals surface area contributed by atoms with Crippen molar-refractivity contribution in [1.82, 2.24) is 14.8 Å². The third-order valence-electron chi connectivity index (χ3n) is 4.92. The van der Waals surface area contributed by atoms with Gasteiger partial charge in [0.15, 0.2) is 0 Å². The number of nitrogens with zero attached hydrogens (tertiary/aromatic N) is 3. The first-order valence-electron chi connectivity index (χ1n) is 8.19. The van der Waals surface area contributed by atoms with Crippen molar-refractivity contribution in [3.63, 3.8) is 0 Å². The fourth-order valence-corrected chi connectivity index (χ4v) is 3.09. The smallest absolute Gasteiger partial charge is 1.00 e. The molecule has 0 bridgehead atoms. The molecule has 1 aromatic heterocycles. The van der Waals surface area contributed by atoms with E-state index in [4.69, 9.17) is 0 Å². The number of allylic oxidation sites excluding steroid dienone is 4. The molecule has 27 heavy (non-hydrogen) atoms. The van der Waals surface area contributed by atoms with Gasteiger partial charge in [-0.3, -0.25) is 6.08 Å². The standard InChI is InChI=1S/C11H8N3.C10H15.2ClH.Zr/c1-2-4-10-9(3-1)5-6-11(10)14-7-12-13-8-14;1-7-6-10(4,5)9(3)8(7)2;;;/h1-8H;1-5H3;2*1H;/q2*-1;;;+4/p-2. The summed E-state index contributed by atoms with van der Waals surface area (Å²) in [5.74, 6) is 0. The minimum absolute atomic E-state index is 0. The SMILES string of the molecule is CC1=[C-]C(C)(C)C(C)=C1C.[Cl-].[Cl-].[Zr+4].c1ccc2c(c1)cc[c-]2-n1cnnc1. The van der Waals surface area contributed by atoms with Crippen molar-refractivity contribution < 1.29 is 51.0 Å². The molecular formula is C21H23Cl2N3Zr. The van der Waals surface area contributed by atoms with E-state index < -0.39 is 0 Å². The van der Waals surface area contributed by atoms with E-state index in [2.05, 4.69) is 75.2 Å². The van der Waals surface area contributed by atoms with Crippen molar-refractivity contribution >= 4 is 10.8 Å². The van der Waals surface area contributed by atoms with E-state index in [1.54, 1.807) is 12.7 Å². The molecular weight excluding hydrogens is 456 g/mol. The van der Waals surface area contributed by atoms with Gasteiger partial charge < -0.3 is 29.4 Å². The second-order valence-corrected chi connectivity index (χ2v) is 6.80. The van der Waals surface area contributed by atoms with Crippen molar-refractivity contribution in [1.29, 1.82) is 0 Å². The van der Waals surface area contributed by atoms with Crippen LogP contribution >= 0.6 is 0 Å². The molecule has 0 spiro atoms. The van der Waals surface area contributed by atoms with Gasteiger partial charge in [-0.25, -0.2) is 5.57 Å². The number of halogens is 2.